The molecule has 0 spiro atoms. The van der Waals surface area contributed by atoms with E-state index in [4.69, 9.17) is 9.47 Å². The van der Waals surface area contributed by atoms with Crippen LogP contribution in [0.3, 0.4) is 0 Å². The summed E-state index contributed by atoms with van der Waals surface area (Å²) in [4.78, 5) is 11.8. The molecule has 208 valence electrons. The van der Waals surface area contributed by atoms with Crippen molar-refractivity contribution < 1.29 is 37.3 Å². The maximum atomic E-state index is 12.9. The third-order valence-corrected chi connectivity index (χ3v) is 7.61. The molecule has 0 aliphatic heterocycles. The van der Waals surface area contributed by atoms with Gasteiger partial charge in [0.05, 0.1) is 13.7 Å². The first kappa shape index (κ1) is 26.8. The van der Waals surface area contributed by atoms with Gasteiger partial charge in [0.2, 0.25) is 11.6 Å². The standard InChI is InChI=1S/C28H30F3N3O5/c1-37-21-10-5-17(6-11-21)16-34-26(25(27(35)36)32-33-34)38-22-12-7-18(8-13-22)20-9-14-24(39-28(29,30)31)23(15-20)19-3-2-4-19/h5-6,9-11,14-15,18-19,22H,2-4,7-8,12-13,16H2,1H3,(H,35,36)/t18-,22-. The minimum Gasteiger partial charge on any atom is -0.497 e. The quantitative estimate of drug-likeness (QED) is 0.337. The predicted molar refractivity (Wildman–Crippen MR) is 134 cm³/mol. The number of halogens is 3. The summed E-state index contributed by atoms with van der Waals surface area (Å²) >= 11 is 0. The Morgan fingerprint density at radius 2 is 1.74 bits per heavy atom. The highest BCUT2D eigenvalue weighted by molar-refractivity contribution is 5.87. The molecule has 11 heteroatoms. The number of carboxylic acid groups (broad SMARTS) is 1. The fraction of sp³-hybridized carbons (Fsp3) is 0.464. The van der Waals surface area contributed by atoms with Crippen LogP contribution in [-0.4, -0.2) is 45.6 Å². The lowest BCUT2D eigenvalue weighted by molar-refractivity contribution is -0.275. The van der Waals surface area contributed by atoms with Crippen molar-refractivity contribution in [3.05, 3.63) is 64.8 Å². The Balaban J connectivity index is 1.27. The number of nitrogens with zero attached hydrogens (tertiary/aromatic N) is 3. The van der Waals surface area contributed by atoms with Crippen molar-refractivity contribution in [3.63, 3.8) is 0 Å². The first-order valence-corrected chi connectivity index (χ1v) is 13.1. The molecule has 39 heavy (non-hydrogen) atoms. The van der Waals surface area contributed by atoms with E-state index >= 15 is 0 Å². The molecule has 8 nitrogen and oxygen atoms in total. The number of carbonyl (C=O) groups is 1. The van der Waals surface area contributed by atoms with Gasteiger partial charge in [-0.15, -0.1) is 18.3 Å². The molecule has 1 heterocycles. The molecule has 2 aromatic carbocycles. The summed E-state index contributed by atoms with van der Waals surface area (Å²) in [5, 5.41) is 17.5. The van der Waals surface area contributed by atoms with Crippen LogP contribution in [0.25, 0.3) is 0 Å². The van der Waals surface area contributed by atoms with Crippen molar-refractivity contribution in [1.29, 1.82) is 0 Å². The van der Waals surface area contributed by atoms with Gasteiger partial charge in [0.1, 0.15) is 17.6 Å². The molecule has 0 amide bonds. The maximum Gasteiger partial charge on any atom is 0.573 e. The smallest absolute Gasteiger partial charge is 0.497 e. The van der Waals surface area contributed by atoms with Crippen molar-refractivity contribution in [1.82, 2.24) is 15.0 Å². The lowest BCUT2D eigenvalue weighted by atomic mass is 9.77. The SMILES string of the molecule is COc1ccc(Cn2nnc(C(=O)O)c2O[C@H]2CC[C@H](c3ccc(OC(F)(F)F)c(C4CCC4)c3)CC2)cc1. The number of benzene rings is 2. The van der Waals surface area contributed by atoms with E-state index in [1.165, 1.54) is 10.7 Å². The van der Waals surface area contributed by atoms with Gasteiger partial charge in [0.25, 0.3) is 0 Å². The molecule has 0 radical (unpaired) electrons. The van der Waals surface area contributed by atoms with Gasteiger partial charge in [-0.2, -0.15) is 0 Å². The first-order valence-electron chi connectivity index (χ1n) is 13.1. The Morgan fingerprint density at radius 3 is 2.33 bits per heavy atom. The summed E-state index contributed by atoms with van der Waals surface area (Å²) in [6.07, 6.45) is 0.627. The van der Waals surface area contributed by atoms with Crippen LogP contribution in [0.15, 0.2) is 42.5 Å². The van der Waals surface area contributed by atoms with Crippen molar-refractivity contribution in [2.45, 2.75) is 75.8 Å². The van der Waals surface area contributed by atoms with E-state index in [2.05, 4.69) is 15.0 Å². The molecule has 2 aliphatic rings. The summed E-state index contributed by atoms with van der Waals surface area (Å²) in [5.74, 6) is -0.238. The minimum absolute atomic E-state index is 0.0925. The summed E-state index contributed by atoms with van der Waals surface area (Å²) in [6.45, 7) is 0.283. The van der Waals surface area contributed by atoms with E-state index in [1.807, 2.05) is 30.3 Å². The zero-order valence-corrected chi connectivity index (χ0v) is 21.5. The first-order chi connectivity index (χ1) is 18.7. The molecule has 1 aromatic heterocycles. The van der Waals surface area contributed by atoms with Crippen LogP contribution in [0, 0.1) is 0 Å². The van der Waals surface area contributed by atoms with Crippen LogP contribution in [0.2, 0.25) is 0 Å². The van der Waals surface area contributed by atoms with Gasteiger partial charge in [-0.05, 0) is 85.3 Å². The molecule has 0 saturated heterocycles. The van der Waals surface area contributed by atoms with Crippen LogP contribution in [0.1, 0.15) is 84.0 Å². The summed E-state index contributed by atoms with van der Waals surface area (Å²) in [7, 11) is 1.58. The average molecular weight is 546 g/mol. The fourth-order valence-electron chi connectivity index (χ4n) is 5.31. The normalized spacial score (nSPS) is 19.8. The monoisotopic (exact) mass is 545 g/mol. The fourth-order valence-corrected chi connectivity index (χ4v) is 5.31. The van der Waals surface area contributed by atoms with Crippen molar-refractivity contribution in [2.24, 2.45) is 0 Å². The van der Waals surface area contributed by atoms with E-state index < -0.39 is 12.3 Å². The molecule has 0 bridgehead atoms. The molecule has 0 unspecified atom stereocenters. The van der Waals surface area contributed by atoms with E-state index in [0.717, 1.165) is 43.2 Å². The van der Waals surface area contributed by atoms with Crippen LogP contribution in [0.4, 0.5) is 13.2 Å². The second kappa shape index (κ2) is 11.2. The number of hydrogen-bond donors (Lipinski definition) is 1. The van der Waals surface area contributed by atoms with Crippen molar-refractivity contribution in [2.75, 3.05) is 7.11 Å². The Labute approximate surface area is 223 Å². The Kier molecular flexibility index (Phi) is 7.67. The van der Waals surface area contributed by atoms with Crippen molar-refractivity contribution >= 4 is 5.97 Å². The van der Waals surface area contributed by atoms with E-state index in [0.29, 0.717) is 24.2 Å². The second-order valence-corrected chi connectivity index (χ2v) is 10.1. The maximum absolute atomic E-state index is 12.9. The zero-order valence-electron chi connectivity index (χ0n) is 21.5. The summed E-state index contributed by atoms with van der Waals surface area (Å²) in [6, 6.07) is 12.4. The number of aromatic carboxylic acids is 1. The van der Waals surface area contributed by atoms with Gasteiger partial charge in [-0.25, -0.2) is 9.48 Å². The lowest BCUT2D eigenvalue weighted by Crippen LogP contribution is -2.25. The van der Waals surface area contributed by atoms with Crippen LogP contribution < -0.4 is 14.2 Å². The predicted octanol–water partition coefficient (Wildman–Crippen LogP) is 6.30. The molecule has 1 N–H and O–H groups in total. The molecule has 2 fully saturated rings. The highest BCUT2D eigenvalue weighted by atomic mass is 19.4. The Hall–Kier alpha value is -3.76. The van der Waals surface area contributed by atoms with Crippen LogP contribution >= 0.6 is 0 Å². The minimum atomic E-state index is -4.72. The van der Waals surface area contributed by atoms with Gasteiger partial charge in [-0.1, -0.05) is 35.9 Å². The number of hydrogen-bond acceptors (Lipinski definition) is 6. The number of ether oxygens (including phenoxy) is 3. The summed E-state index contributed by atoms with van der Waals surface area (Å²) in [5.41, 5.74) is 2.28. The van der Waals surface area contributed by atoms with Gasteiger partial charge < -0.3 is 19.3 Å². The highest BCUT2D eigenvalue weighted by Gasteiger charge is 2.35. The van der Waals surface area contributed by atoms with Gasteiger partial charge in [0.15, 0.2) is 0 Å². The molecule has 3 aromatic rings. The van der Waals surface area contributed by atoms with Crippen molar-refractivity contribution in [3.8, 4) is 17.4 Å². The molecule has 5 rings (SSSR count). The van der Waals surface area contributed by atoms with E-state index in [-0.39, 0.29) is 41.8 Å². The third kappa shape index (κ3) is 6.29. The Morgan fingerprint density at radius 1 is 1.03 bits per heavy atom. The van der Waals surface area contributed by atoms with E-state index in [1.54, 1.807) is 13.2 Å². The zero-order chi connectivity index (χ0) is 27.6. The largest absolute Gasteiger partial charge is 0.573 e. The van der Waals surface area contributed by atoms with Gasteiger partial charge in [0, 0.05) is 0 Å². The molecular formula is C28H30F3N3O5. The summed E-state index contributed by atoms with van der Waals surface area (Å²) < 4.78 is 55.9. The second-order valence-electron chi connectivity index (χ2n) is 10.1. The molecule has 0 atom stereocenters. The number of methoxy groups -OCH3 is 1. The Bertz CT molecular complexity index is 1300. The number of alkyl halides is 3. The average Bonchev–Trinajstić information content (AvgIpc) is 3.26. The number of rotatable bonds is 9. The molecular weight excluding hydrogens is 515 g/mol. The molecule has 2 aliphatic carbocycles. The van der Waals surface area contributed by atoms with E-state index in [9.17, 15) is 23.1 Å². The van der Waals surface area contributed by atoms with Crippen LogP contribution in [0.5, 0.6) is 17.4 Å². The number of carboxylic acids is 1. The lowest BCUT2D eigenvalue weighted by Gasteiger charge is -2.32. The third-order valence-electron chi connectivity index (χ3n) is 7.61. The van der Waals surface area contributed by atoms with Gasteiger partial charge in [-0.3, -0.25) is 0 Å². The topological polar surface area (TPSA) is 95.7 Å². The van der Waals surface area contributed by atoms with Crippen LogP contribution in [-0.2, 0) is 6.54 Å². The molecule has 2 saturated carbocycles. The van der Waals surface area contributed by atoms with Gasteiger partial charge >= 0.3 is 12.3 Å². The highest BCUT2D eigenvalue weighted by Crippen LogP contribution is 2.44. The number of aromatic nitrogens is 3.